The molecule has 0 aromatic carbocycles. The number of aliphatic hydroxyl groups is 1. The van der Waals surface area contributed by atoms with Crippen molar-refractivity contribution in [3.8, 4) is 0 Å². The van der Waals surface area contributed by atoms with Crippen molar-refractivity contribution in [3.05, 3.63) is 0 Å². The van der Waals surface area contributed by atoms with Gasteiger partial charge in [-0.25, -0.2) is 19.2 Å². The Hall–Kier alpha value is -3.29. The Balaban J connectivity index is 4.97. The first-order chi connectivity index (χ1) is 19.1. The number of rotatable bonds is 14. The van der Waals surface area contributed by atoms with Crippen LogP contribution in [-0.2, 0) is 28.5 Å². The second-order valence-corrected chi connectivity index (χ2v) is 12.8. The van der Waals surface area contributed by atoms with Crippen LogP contribution in [0.2, 0.25) is 0 Å². The summed E-state index contributed by atoms with van der Waals surface area (Å²) in [5.41, 5.74) is -2.21. The monoisotopic (exact) mass is 604 g/mol. The van der Waals surface area contributed by atoms with Gasteiger partial charge in [0.1, 0.15) is 28.9 Å². The number of carbonyl (C=O) groups excluding carboxylic acids is 5. The molecule has 0 aromatic rings. The van der Waals surface area contributed by atoms with Gasteiger partial charge in [0.15, 0.2) is 0 Å². The van der Waals surface area contributed by atoms with Gasteiger partial charge < -0.3 is 45.3 Å². The number of hydrogen-bond acceptors (Lipinski definition) is 10. The summed E-state index contributed by atoms with van der Waals surface area (Å²) in [4.78, 5) is 61.2. The molecule has 0 aliphatic heterocycles. The normalized spacial score (nSPS) is 14.0. The summed E-state index contributed by atoms with van der Waals surface area (Å²) in [6, 6.07) is -1.94. The first kappa shape index (κ1) is 38.7. The fourth-order valence-corrected chi connectivity index (χ4v) is 3.34. The fraction of sp³-hybridized carbons (Fsp3) is 0.821. The van der Waals surface area contributed by atoms with Crippen LogP contribution in [0.5, 0.6) is 0 Å². The smallest absolute Gasteiger partial charge is 0.408 e. The minimum absolute atomic E-state index is 0.0620. The second kappa shape index (κ2) is 17.6. The van der Waals surface area contributed by atoms with E-state index in [-0.39, 0.29) is 32.4 Å². The predicted octanol–water partition coefficient (Wildman–Crippen LogP) is 2.90. The number of ether oxygens (including phenoxy) is 4. The van der Waals surface area contributed by atoms with E-state index in [0.29, 0.717) is 12.8 Å². The molecule has 0 fully saturated rings. The third-order valence-corrected chi connectivity index (χ3v) is 5.07. The summed E-state index contributed by atoms with van der Waals surface area (Å²) in [7, 11) is 1.22. The molecule has 0 aliphatic carbocycles. The molecule has 0 aliphatic rings. The molecule has 0 saturated carbocycles. The molecule has 0 radical (unpaired) electrons. The van der Waals surface area contributed by atoms with Crippen molar-refractivity contribution in [3.63, 3.8) is 0 Å². The van der Waals surface area contributed by atoms with Crippen LogP contribution < -0.4 is 21.3 Å². The van der Waals surface area contributed by atoms with Crippen molar-refractivity contribution in [2.24, 2.45) is 0 Å². The third kappa shape index (κ3) is 20.6. The topological polar surface area (TPSA) is 191 Å². The number of nitrogens with one attached hydrogen (secondary N) is 4. The van der Waals surface area contributed by atoms with Crippen molar-refractivity contribution >= 4 is 30.2 Å². The molecule has 14 heteroatoms. The molecule has 0 spiro atoms. The highest BCUT2D eigenvalue weighted by molar-refractivity contribution is 5.85. The Morgan fingerprint density at radius 2 is 1.12 bits per heavy atom. The van der Waals surface area contributed by atoms with Crippen LogP contribution >= 0.6 is 0 Å². The maximum Gasteiger partial charge on any atom is 0.408 e. The highest BCUT2D eigenvalue weighted by Crippen LogP contribution is 2.11. The van der Waals surface area contributed by atoms with E-state index >= 15 is 0 Å². The Morgan fingerprint density at radius 1 is 0.643 bits per heavy atom. The molecular formula is C28H52N4O10. The summed E-state index contributed by atoms with van der Waals surface area (Å²) in [5.74, 6) is -1.12. The highest BCUT2D eigenvalue weighted by Gasteiger charge is 2.27. The van der Waals surface area contributed by atoms with E-state index in [1.165, 1.54) is 7.11 Å². The molecule has 2 unspecified atom stereocenters. The van der Waals surface area contributed by atoms with Gasteiger partial charge in [0, 0.05) is 13.1 Å². The zero-order valence-electron chi connectivity index (χ0n) is 26.8. The SMILES string of the molecule is COC(=O)[C@H](CCCCNC(=O)C(CCC(O)CNC(=O)OC(C)(C)C)NC(=O)OC(C)(C)C)NC(=O)OC(C)(C)C. The second-order valence-electron chi connectivity index (χ2n) is 12.8. The molecule has 0 rings (SSSR count). The molecule has 3 atom stereocenters. The lowest BCUT2D eigenvalue weighted by atomic mass is 10.1. The molecule has 0 heterocycles. The number of aliphatic hydroxyl groups excluding tert-OH is 1. The van der Waals surface area contributed by atoms with Gasteiger partial charge in [0.05, 0.1) is 13.2 Å². The molecule has 42 heavy (non-hydrogen) atoms. The lowest BCUT2D eigenvalue weighted by Gasteiger charge is -2.24. The maximum atomic E-state index is 12.9. The van der Waals surface area contributed by atoms with Crippen molar-refractivity contribution in [1.82, 2.24) is 21.3 Å². The van der Waals surface area contributed by atoms with Gasteiger partial charge in [0.25, 0.3) is 0 Å². The number of hydrogen-bond donors (Lipinski definition) is 5. The van der Waals surface area contributed by atoms with Crippen LogP contribution in [0.25, 0.3) is 0 Å². The predicted molar refractivity (Wildman–Crippen MR) is 155 cm³/mol. The Labute approximate surface area is 249 Å². The molecule has 244 valence electrons. The van der Waals surface area contributed by atoms with Gasteiger partial charge in [-0.2, -0.15) is 0 Å². The zero-order chi connectivity index (χ0) is 32.7. The Kier molecular flexibility index (Phi) is 16.2. The summed E-state index contributed by atoms with van der Waals surface area (Å²) in [6.07, 6.45) is -1.92. The van der Waals surface area contributed by atoms with Gasteiger partial charge in [0.2, 0.25) is 5.91 Å². The van der Waals surface area contributed by atoms with Crippen molar-refractivity contribution in [2.75, 3.05) is 20.2 Å². The van der Waals surface area contributed by atoms with E-state index < -0.39 is 65.1 Å². The molecule has 5 N–H and O–H groups in total. The lowest BCUT2D eigenvalue weighted by molar-refractivity contribution is -0.143. The third-order valence-electron chi connectivity index (χ3n) is 5.07. The van der Waals surface area contributed by atoms with Gasteiger partial charge in [-0.3, -0.25) is 4.79 Å². The zero-order valence-corrected chi connectivity index (χ0v) is 26.8. The first-order valence-corrected chi connectivity index (χ1v) is 14.1. The molecule has 0 bridgehead atoms. The molecular weight excluding hydrogens is 552 g/mol. The van der Waals surface area contributed by atoms with Crippen LogP contribution in [0.4, 0.5) is 14.4 Å². The van der Waals surface area contributed by atoms with E-state index in [9.17, 15) is 29.1 Å². The van der Waals surface area contributed by atoms with Gasteiger partial charge in [-0.15, -0.1) is 0 Å². The molecule has 4 amide bonds. The Morgan fingerprint density at radius 3 is 1.60 bits per heavy atom. The average molecular weight is 605 g/mol. The molecule has 0 saturated heterocycles. The number of methoxy groups -OCH3 is 1. The van der Waals surface area contributed by atoms with Crippen molar-refractivity contribution < 1.29 is 48.0 Å². The van der Waals surface area contributed by atoms with Gasteiger partial charge in [-0.05, 0) is 94.4 Å². The van der Waals surface area contributed by atoms with E-state index in [2.05, 4.69) is 21.3 Å². The van der Waals surface area contributed by atoms with E-state index in [1.807, 2.05) is 0 Å². The quantitative estimate of drug-likeness (QED) is 0.112. The van der Waals surface area contributed by atoms with Crippen molar-refractivity contribution in [2.45, 2.75) is 129 Å². The largest absolute Gasteiger partial charge is 0.467 e. The Bertz CT molecular complexity index is 891. The fourth-order valence-electron chi connectivity index (χ4n) is 3.34. The summed E-state index contributed by atoms with van der Waals surface area (Å²) >= 11 is 0. The standard InChI is InChI=1S/C28H52N4O10/c1-26(2,3)40-23(36)30-17-18(33)14-15-19(31-24(37)41-27(4,5)6)21(34)29-16-12-11-13-20(22(35)39-10)32-25(38)42-28(7,8)9/h18-20,33H,11-17H2,1-10H3,(H,29,34)(H,30,36)(H,31,37)(H,32,38)/t18?,19?,20-/m0/s1. The van der Waals surface area contributed by atoms with Gasteiger partial charge >= 0.3 is 24.2 Å². The number of alkyl carbamates (subject to hydrolysis) is 3. The number of unbranched alkanes of at least 4 members (excludes halogenated alkanes) is 1. The number of esters is 1. The van der Waals surface area contributed by atoms with E-state index in [0.717, 1.165) is 0 Å². The number of carbonyl (C=O) groups is 5. The summed E-state index contributed by atoms with van der Waals surface area (Å²) in [5, 5.41) is 20.5. The first-order valence-electron chi connectivity index (χ1n) is 14.1. The van der Waals surface area contributed by atoms with Crippen LogP contribution in [0.3, 0.4) is 0 Å². The van der Waals surface area contributed by atoms with Crippen LogP contribution in [0.1, 0.15) is 94.4 Å². The van der Waals surface area contributed by atoms with Crippen LogP contribution in [0, 0.1) is 0 Å². The lowest BCUT2D eigenvalue weighted by Crippen LogP contribution is -2.49. The summed E-state index contributed by atoms with van der Waals surface area (Å²) < 4.78 is 20.3. The van der Waals surface area contributed by atoms with E-state index in [1.54, 1.807) is 62.3 Å². The molecule has 0 aromatic heterocycles. The minimum Gasteiger partial charge on any atom is -0.467 e. The van der Waals surface area contributed by atoms with E-state index in [4.69, 9.17) is 18.9 Å². The maximum absolute atomic E-state index is 12.9. The van der Waals surface area contributed by atoms with Gasteiger partial charge in [-0.1, -0.05) is 0 Å². The van der Waals surface area contributed by atoms with Crippen LogP contribution in [0.15, 0.2) is 0 Å². The molecule has 14 nitrogen and oxygen atoms in total. The summed E-state index contributed by atoms with van der Waals surface area (Å²) in [6.45, 7) is 15.4. The highest BCUT2D eigenvalue weighted by atomic mass is 16.6. The number of amides is 4. The van der Waals surface area contributed by atoms with Crippen LogP contribution in [-0.4, -0.2) is 90.5 Å². The average Bonchev–Trinajstić information content (AvgIpc) is 2.80. The van der Waals surface area contributed by atoms with Crippen molar-refractivity contribution in [1.29, 1.82) is 0 Å². The minimum atomic E-state index is -1.02.